The summed E-state index contributed by atoms with van der Waals surface area (Å²) in [5.41, 5.74) is 6.15. The van der Waals surface area contributed by atoms with E-state index in [2.05, 4.69) is 0 Å². The number of carbonyl (C=O) groups is 1. The first-order chi connectivity index (χ1) is 8.75. The molecule has 4 nitrogen and oxygen atoms in total. The first kappa shape index (κ1) is 15.2. The molecule has 0 spiro atoms. The Balaban J connectivity index is 2.57. The molecule has 0 aliphatic carbocycles. The zero-order valence-corrected chi connectivity index (χ0v) is 9.62. The van der Waals surface area contributed by atoms with Crippen molar-refractivity contribution in [3.63, 3.8) is 0 Å². The minimum Gasteiger partial charge on any atom is -0.399 e. The summed E-state index contributed by atoms with van der Waals surface area (Å²) in [6.45, 7) is -0.606. The highest BCUT2D eigenvalue weighted by Gasteiger charge is 2.48. The molecule has 8 heteroatoms. The van der Waals surface area contributed by atoms with Crippen molar-refractivity contribution in [3.8, 4) is 0 Å². The largest absolute Gasteiger partial charge is 0.399 e. The lowest BCUT2D eigenvalue weighted by molar-refractivity contribution is -0.169. The number of aliphatic hydroxyl groups is 1. The quantitative estimate of drug-likeness (QED) is 0.562. The van der Waals surface area contributed by atoms with Crippen molar-refractivity contribution >= 4 is 11.6 Å². The van der Waals surface area contributed by atoms with Gasteiger partial charge in [-0.2, -0.15) is 8.78 Å². The summed E-state index contributed by atoms with van der Waals surface area (Å²) in [7, 11) is 0. The van der Waals surface area contributed by atoms with Gasteiger partial charge in [0.2, 0.25) is 0 Å². The van der Waals surface area contributed by atoms with Crippen molar-refractivity contribution < 1.29 is 27.5 Å². The number of nitrogens with one attached hydrogen (secondary N) is 1. The molecule has 4 N–H and O–H groups in total. The molecule has 1 amide bonds. The lowest BCUT2D eigenvalue weighted by Gasteiger charge is -2.17. The SMILES string of the molecule is Nc1ccc(C(O)CNC(=O)C(F)(F)C(F)F)cc1. The second kappa shape index (κ2) is 5.87. The van der Waals surface area contributed by atoms with Crippen LogP contribution in [0.15, 0.2) is 24.3 Å². The molecule has 19 heavy (non-hydrogen) atoms. The number of alkyl halides is 4. The number of nitrogen functional groups attached to an aromatic ring is 1. The summed E-state index contributed by atoms with van der Waals surface area (Å²) in [5.74, 6) is -6.90. The number of carbonyl (C=O) groups excluding carboxylic acids is 1. The van der Waals surface area contributed by atoms with Gasteiger partial charge in [0.1, 0.15) is 0 Å². The maximum Gasteiger partial charge on any atom is 0.383 e. The number of hydrogen-bond acceptors (Lipinski definition) is 3. The normalized spacial score (nSPS) is 13.4. The van der Waals surface area contributed by atoms with Gasteiger partial charge in [-0.3, -0.25) is 4.79 Å². The van der Waals surface area contributed by atoms with Crippen molar-refractivity contribution in [2.45, 2.75) is 18.5 Å². The van der Waals surface area contributed by atoms with E-state index in [1.165, 1.54) is 24.3 Å². The summed E-state index contributed by atoms with van der Waals surface area (Å²) < 4.78 is 48.9. The van der Waals surface area contributed by atoms with Crippen LogP contribution in [0.3, 0.4) is 0 Å². The summed E-state index contributed by atoms with van der Waals surface area (Å²) >= 11 is 0. The molecule has 0 aromatic heterocycles. The van der Waals surface area contributed by atoms with E-state index in [1.54, 1.807) is 5.32 Å². The fourth-order valence-corrected chi connectivity index (χ4v) is 1.24. The van der Waals surface area contributed by atoms with Gasteiger partial charge in [-0.1, -0.05) is 12.1 Å². The van der Waals surface area contributed by atoms with Crippen LogP contribution in [0.5, 0.6) is 0 Å². The fraction of sp³-hybridized carbons (Fsp3) is 0.364. The third-order valence-corrected chi connectivity index (χ3v) is 2.35. The molecule has 0 bridgehead atoms. The van der Waals surface area contributed by atoms with Crippen molar-refractivity contribution in [3.05, 3.63) is 29.8 Å². The second-order valence-corrected chi connectivity index (χ2v) is 3.82. The van der Waals surface area contributed by atoms with Crippen LogP contribution in [-0.2, 0) is 4.79 Å². The van der Waals surface area contributed by atoms with E-state index in [1.807, 2.05) is 0 Å². The molecule has 1 rings (SSSR count). The number of halogens is 4. The van der Waals surface area contributed by atoms with Crippen LogP contribution in [0.2, 0.25) is 0 Å². The molecule has 1 aromatic carbocycles. The van der Waals surface area contributed by atoms with Crippen molar-refractivity contribution in [2.75, 3.05) is 12.3 Å². The van der Waals surface area contributed by atoms with Crippen LogP contribution in [0.4, 0.5) is 23.2 Å². The first-order valence-corrected chi connectivity index (χ1v) is 5.23. The van der Waals surface area contributed by atoms with Gasteiger partial charge in [-0.25, -0.2) is 8.78 Å². The maximum atomic E-state index is 12.6. The minimum atomic E-state index is -4.78. The van der Waals surface area contributed by atoms with Gasteiger partial charge in [0, 0.05) is 12.2 Å². The number of anilines is 1. The summed E-state index contributed by atoms with van der Waals surface area (Å²) in [5, 5.41) is 11.1. The van der Waals surface area contributed by atoms with Crippen LogP contribution in [0.25, 0.3) is 0 Å². The highest BCUT2D eigenvalue weighted by atomic mass is 19.3. The maximum absolute atomic E-state index is 12.6. The highest BCUT2D eigenvalue weighted by molar-refractivity contribution is 5.83. The van der Waals surface area contributed by atoms with Gasteiger partial charge in [-0.05, 0) is 17.7 Å². The predicted octanol–water partition coefficient (Wildman–Crippen LogP) is 1.32. The number of aliphatic hydroxyl groups excluding tert-OH is 1. The molecule has 1 atom stereocenters. The van der Waals surface area contributed by atoms with Crippen molar-refractivity contribution in [2.24, 2.45) is 0 Å². The standard InChI is InChI=1S/C11H12F4N2O2/c12-9(13)11(14,15)10(19)17-5-8(18)6-1-3-7(16)4-2-6/h1-4,8-9,18H,5,16H2,(H,17,19). The number of hydrogen-bond donors (Lipinski definition) is 3. The van der Waals surface area contributed by atoms with Gasteiger partial charge < -0.3 is 16.2 Å². The van der Waals surface area contributed by atoms with Crippen LogP contribution in [0, 0.1) is 0 Å². The zero-order chi connectivity index (χ0) is 14.6. The Morgan fingerprint density at radius 1 is 1.32 bits per heavy atom. The highest BCUT2D eigenvalue weighted by Crippen LogP contribution is 2.23. The number of amides is 1. The van der Waals surface area contributed by atoms with Gasteiger partial charge in [0.25, 0.3) is 5.91 Å². The first-order valence-electron chi connectivity index (χ1n) is 5.23. The molecular formula is C11H12F4N2O2. The molecule has 106 valence electrons. The third-order valence-electron chi connectivity index (χ3n) is 2.35. The molecule has 0 heterocycles. The molecule has 0 aliphatic heterocycles. The number of benzene rings is 1. The number of rotatable bonds is 5. The third kappa shape index (κ3) is 3.82. The monoisotopic (exact) mass is 280 g/mol. The van der Waals surface area contributed by atoms with E-state index in [9.17, 15) is 27.5 Å². The van der Waals surface area contributed by atoms with Crippen LogP contribution in [0.1, 0.15) is 11.7 Å². The molecule has 0 saturated heterocycles. The summed E-state index contributed by atoms with van der Waals surface area (Å²) in [6.07, 6.45) is -5.39. The average molecular weight is 280 g/mol. The summed E-state index contributed by atoms with van der Waals surface area (Å²) in [6, 6.07) is 5.79. The van der Waals surface area contributed by atoms with Gasteiger partial charge >= 0.3 is 12.3 Å². The van der Waals surface area contributed by atoms with E-state index in [0.717, 1.165) is 0 Å². The smallest absolute Gasteiger partial charge is 0.383 e. The Labute approximate surface area is 106 Å². The summed E-state index contributed by atoms with van der Waals surface area (Å²) in [4.78, 5) is 10.8. The van der Waals surface area contributed by atoms with Crippen molar-refractivity contribution in [1.29, 1.82) is 0 Å². The molecule has 1 unspecified atom stereocenters. The fourth-order valence-electron chi connectivity index (χ4n) is 1.24. The average Bonchev–Trinajstić information content (AvgIpc) is 2.36. The van der Waals surface area contributed by atoms with Gasteiger partial charge in [-0.15, -0.1) is 0 Å². The van der Waals surface area contributed by atoms with E-state index in [0.29, 0.717) is 11.3 Å². The van der Waals surface area contributed by atoms with E-state index in [4.69, 9.17) is 5.73 Å². The van der Waals surface area contributed by atoms with Gasteiger partial charge in [0.05, 0.1) is 6.10 Å². The van der Waals surface area contributed by atoms with Gasteiger partial charge in [0.15, 0.2) is 0 Å². The Hall–Kier alpha value is -1.83. The van der Waals surface area contributed by atoms with E-state index in [-0.39, 0.29) is 0 Å². The molecular weight excluding hydrogens is 268 g/mol. The number of nitrogens with two attached hydrogens (primary N) is 1. The Kier molecular flexibility index (Phi) is 4.71. The Bertz CT molecular complexity index is 437. The Morgan fingerprint density at radius 3 is 2.32 bits per heavy atom. The van der Waals surface area contributed by atoms with E-state index >= 15 is 0 Å². The van der Waals surface area contributed by atoms with Crippen molar-refractivity contribution in [1.82, 2.24) is 5.32 Å². The molecule has 1 aromatic rings. The Morgan fingerprint density at radius 2 is 1.84 bits per heavy atom. The zero-order valence-electron chi connectivity index (χ0n) is 9.62. The molecule has 0 saturated carbocycles. The van der Waals surface area contributed by atoms with Crippen LogP contribution in [-0.4, -0.2) is 29.9 Å². The predicted molar refractivity (Wildman–Crippen MR) is 59.8 cm³/mol. The second-order valence-electron chi connectivity index (χ2n) is 3.82. The lowest BCUT2D eigenvalue weighted by Crippen LogP contribution is -2.46. The van der Waals surface area contributed by atoms with E-state index < -0.39 is 30.9 Å². The topological polar surface area (TPSA) is 75.3 Å². The van der Waals surface area contributed by atoms with Crippen LogP contribution >= 0.6 is 0 Å². The lowest BCUT2D eigenvalue weighted by atomic mass is 10.1. The minimum absolute atomic E-state index is 0.315. The molecule has 0 aliphatic rings. The molecule has 0 radical (unpaired) electrons. The molecule has 0 fully saturated rings. The van der Waals surface area contributed by atoms with Crippen LogP contribution < -0.4 is 11.1 Å².